The smallest absolute Gasteiger partial charge is 0.164 e. The van der Waals surface area contributed by atoms with Crippen molar-refractivity contribution in [2.45, 2.75) is 19.4 Å². The van der Waals surface area contributed by atoms with Gasteiger partial charge in [0.15, 0.2) is 17.5 Å². The predicted molar refractivity (Wildman–Crippen MR) is 260 cm³/mol. The van der Waals surface area contributed by atoms with Crippen LogP contribution in [0.5, 0.6) is 5.75 Å². The molecule has 4 heterocycles. The van der Waals surface area contributed by atoms with E-state index in [9.17, 15) is 0 Å². The lowest BCUT2D eigenvalue weighted by Crippen LogP contribution is -2.23. The standard InChI is InChI=1S/C58H40N4O2/c1-37-34-52-45(44-26-15-17-29-51(44)64-52)32-30-40-31-33-50-53(55(40)63-37)46-27-14-16-28-49(46)62(50)54-47(38-18-6-2-7-19-38)35-43(36-48(54)39-20-8-3-9-21-39)58-60-56(41-22-10-4-11-23-41)59-57(61-58)42-24-12-5-13-25-42/h2-29,31-37H,30H2,1H3/b45-32-,52-34+. The van der Waals surface area contributed by atoms with Crippen molar-refractivity contribution >= 4 is 44.9 Å². The lowest BCUT2D eigenvalue weighted by atomic mass is 9.92. The van der Waals surface area contributed by atoms with E-state index in [1.165, 1.54) is 0 Å². The summed E-state index contributed by atoms with van der Waals surface area (Å²) in [5.74, 6) is 2.71. The topological polar surface area (TPSA) is 66.0 Å². The van der Waals surface area contributed by atoms with Gasteiger partial charge in [-0.15, -0.1) is 0 Å². The highest BCUT2D eigenvalue weighted by Crippen LogP contribution is 2.46. The summed E-state index contributed by atoms with van der Waals surface area (Å²) in [7, 11) is 0. The van der Waals surface area contributed by atoms with Gasteiger partial charge in [0.1, 0.15) is 22.9 Å². The lowest BCUT2D eigenvalue weighted by molar-refractivity contribution is 0.284. The van der Waals surface area contributed by atoms with Gasteiger partial charge in [-0.05, 0) is 66.4 Å². The Balaban J connectivity index is 1.15. The minimum atomic E-state index is -0.266. The molecular weight excluding hydrogens is 785 g/mol. The van der Waals surface area contributed by atoms with Crippen LogP contribution in [-0.2, 0) is 6.42 Å². The van der Waals surface area contributed by atoms with Gasteiger partial charge in [0.25, 0.3) is 0 Å². The van der Waals surface area contributed by atoms with Crippen molar-refractivity contribution in [1.82, 2.24) is 19.5 Å². The molecule has 11 aromatic rings. The first kappa shape index (κ1) is 37.4. The SMILES string of the molecule is CC1/C=c2/oc3ccccc3/c2=C/Cc2ccc3c(c2O1)c1ccccc1n3-c1c(-c2ccccc2)cc(-c2nc(-c3ccccc3)nc(-c3ccccc3)n2)cc1-c1ccccc1. The normalized spacial score (nSPS) is 14.6. The minimum absolute atomic E-state index is 0.266. The van der Waals surface area contributed by atoms with E-state index in [0.29, 0.717) is 23.9 Å². The number of para-hydroxylation sites is 2. The van der Waals surface area contributed by atoms with Crippen molar-refractivity contribution in [3.63, 3.8) is 0 Å². The fourth-order valence-electron chi connectivity index (χ4n) is 9.29. The summed E-state index contributed by atoms with van der Waals surface area (Å²) >= 11 is 0. The Hall–Kier alpha value is -8.35. The van der Waals surface area contributed by atoms with Crippen LogP contribution >= 0.6 is 0 Å². The Morgan fingerprint density at radius 3 is 1.62 bits per heavy atom. The number of rotatable bonds is 6. The van der Waals surface area contributed by atoms with Crippen molar-refractivity contribution in [3.05, 3.63) is 210 Å². The number of aromatic nitrogens is 4. The fraction of sp³-hybridized carbons (Fsp3) is 0.0517. The quantitative estimate of drug-likeness (QED) is 0.167. The first-order valence-electron chi connectivity index (χ1n) is 21.7. The molecule has 1 aliphatic rings. The van der Waals surface area contributed by atoms with Crippen LogP contribution in [0.1, 0.15) is 12.5 Å². The fourth-order valence-corrected chi connectivity index (χ4v) is 9.29. The van der Waals surface area contributed by atoms with Crippen LogP contribution < -0.4 is 15.4 Å². The number of hydrogen-bond donors (Lipinski definition) is 0. The molecule has 64 heavy (non-hydrogen) atoms. The molecule has 0 spiro atoms. The largest absolute Gasteiger partial charge is 0.485 e. The van der Waals surface area contributed by atoms with Gasteiger partial charge in [0.2, 0.25) is 0 Å². The molecule has 0 radical (unpaired) electrons. The molecule has 0 aliphatic carbocycles. The number of nitrogens with zero attached hydrogens (tertiary/aromatic N) is 4. The Kier molecular flexibility index (Phi) is 9.08. The van der Waals surface area contributed by atoms with E-state index in [4.69, 9.17) is 24.1 Å². The van der Waals surface area contributed by atoms with Crippen molar-refractivity contribution in [3.8, 4) is 67.9 Å². The van der Waals surface area contributed by atoms with Crippen LogP contribution in [0, 0.1) is 0 Å². The van der Waals surface area contributed by atoms with Gasteiger partial charge in [0.05, 0.1) is 22.1 Å². The molecule has 1 aliphatic heterocycles. The van der Waals surface area contributed by atoms with Crippen LogP contribution in [0.25, 0.3) is 107 Å². The van der Waals surface area contributed by atoms with Crippen LogP contribution in [0.2, 0.25) is 0 Å². The molecule has 3 aromatic heterocycles. The lowest BCUT2D eigenvalue weighted by Gasteiger charge is -2.21. The van der Waals surface area contributed by atoms with E-state index in [0.717, 1.165) is 99.4 Å². The van der Waals surface area contributed by atoms with Gasteiger partial charge in [0, 0.05) is 43.8 Å². The highest BCUT2D eigenvalue weighted by atomic mass is 16.5. The summed E-state index contributed by atoms with van der Waals surface area (Å²) in [6, 6.07) is 67.5. The summed E-state index contributed by atoms with van der Waals surface area (Å²) in [5, 5.41) is 4.40. The third kappa shape index (κ3) is 6.47. The van der Waals surface area contributed by atoms with Crippen LogP contribution in [0.4, 0.5) is 0 Å². The van der Waals surface area contributed by atoms with E-state index >= 15 is 0 Å². The van der Waals surface area contributed by atoms with E-state index in [-0.39, 0.29) is 6.10 Å². The molecule has 0 N–H and O–H groups in total. The first-order chi connectivity index (χ1) is 31.6. The Labute approximate surface area is 369 Å². The number of benzene rings is 8. The number of ether oxygens (including phenoxy) is 1. The van der Waals surface area contributed by atoms with Gasteiger partial charge in [-0.3, -0.25) is 0 Å². The second kappa shape index (κ2) is 15.5. The van der Waals surface area contributed by atoms with Gasteiger partial charge in [-0.2, -0.15) is 0 Å². The highest BCUT2D eigenvalue weighted by molar-refractivity contribution is 6.14. The Bertz CT molecular complexity index is 3560. The number of fused-ring (bicyclic) bond motifs is 8. The van der Waals surface area contributed by atoms with E-state index in [1.807, 2.05) is 72.8 Å². The summed E-state index contributed by atoms with van der Waals surface area (Å²) in [6.45, 7) is 2.09. The van der Waals surface area contributed by atoms with Crippen molar-refractivity contribution in [1.29, 1.82) is 0 Å². The second-order valence-corrected chi connectivity index (χ2v) is 16.3. The van der Waals surface area contributed by atoms with Gasteiger partial charge in [-0.1, -0.05) is 170 Å². The molecule has 1 unspecified atom stereocenters. The average Bonchev–Trinajstić information content (AvgIpc) is 3.90. The molecule has 0 saturated carbocycles. The van der Waals surface area contributed by atoms with Gasteiger partial charge < -0.3 is 13.7 Å². The van der Waals surface area contributed by atoms with E-state index in [1.54, 1.807) is 0 Å². The summed E-state index contributed by atoms with van der Waals surface area (Å²) in [4.78, 5) is 15.4. The molecule has 0 saturated heterocycles. The second-order valence-electron chi connectivity index (χ2n) is 16.3. The zero-order valence-electron chi connectivity index (χ0n) is 35.0. The molecule has 0 bridgehead atoms. The summed E-state index contributed by atoms with van der Waals surface area (Å²) < 4.78 is 15.9. The molecule has 12 rings (SSSR count). The van der Waals surface area contributed by atoms with Gasteiger partial charge in [-0.25, -0.2) is 15.0 Å². The molecule has 1 atom stereocenters. The average molecular weight is 825 g/mol. The predicted octanol–water partition coefficient (Wildman–Crippen LogP) is 12.6. The first-order valence-corrected chi connectivity index (χ1v) is 21.7. The summed E-state index contributed by atoms with van der Waals surface area (Å²) in [6.07, 6.45) is 4.81. The molecular formula is C58H40N4O2. The maximum Gasteiger partial charge on any atom is 0.164 e. The summed E-state index contributed by atoms with van der Waals surface area (Å²) in [5.41, 5.74) is 13.0. The molecule has 6 heteroatoms. The van der Waals surface area contributed by atoms with Crippen LogP contribution in [0.3, 0.4) is 0 Å². The van der Waals surface area contributed by atoms with E-state index in [2.05, 4.69) is 145 Å². The van der Waals surface area contributed by atoms with Crippen molar-refractivity contribution in [2.24, 2.45) is 0 Å². The van der Waals surface area contributed by atoms with Crippen molar-refractivity contribution < 1.29 is 9.15 Å². The number of furan rings is 1. The third-order valence-electron chi connectivity index (χ3n) is 12.2. The molecule has 6 nitrogen and oxygen atoms in total. The van der Waals surface area contributed by atoms with Gasteiger partial charge >= 0.3 is 0 Å². The highest BCUT2D eigenvalue weighted by Gasteiger charge is 2.26. The Morgan fingerprint density at radius 1 is 0.500 bits per heavy atom. The molecule has 0 fully saturated rings. The van der Waals surface area contributed by atoms with Crippen LogP contribution in [0.15, 0.2) is 199 Å². The monoisotopic (exact) mass is 824 g/mol. The zero-order valence-corrected chi connectivity index (χ0v) is 35.0. The van der Waals surface area contributed by atoms with Crippen molar-refractivity contribution in [2.75, 3.05) is 0 Å². The zero-order chi connectivity index (χ0) is 42.6. The number of hydrogen-bond acceptors (Lipinski definition) is 5. The minimum Gasteiger partial charge on any atom is -0.485 e. The van der Waals surface area contributed by atoms with Crippen LogP contribution in [-0.4, -0.2) is 25.6 Å². The Morgan fingerprint density at radius 2 is 1.02 bits per heavy atom. The maximum absolute atomic E-state index is 7.07. The molecule has 304 valence electrons. The van der Waals surface area contributed by atoms with E-state index < -0.39 is 0 Å². The molecule has 0 amide bonds. The maximum atomic E-state index is 7.07. The molecule has 8 aromatic carbocycles. The third-order valence-corrected chi connectivity index (χ3v) is 12.2.